The first-order valence-corrected chi connectivity index (χ1v) is 11.3. The van der Waals surface area contributed by atoms with E-state index >= 15 is 0 Å². The van der Waals surface area contributed by atoms with Gasteiger partial charge >= 0.3 is 0 Å². The van der Waals surface area contributed by atoms with Crippen LogP contribution in [0, 0.1) is 11.8 Å². The van der Waals surface area contributed by atoms with E-state index in [0.29, 0.717) is 30.0 Å². The molecule has 158 valence electrons. The lowest BCUT2D eigenvalue weighted by atomic mass is 9.53. The number of nitrogens with zero attached hydrogens (tertiary/aromatic N) is 2. The highest BCUT2D eigenvalue weighted by Gasteiger charge is 2.71. The van der Waals surface area contributed by atoms with Crippen molar-refractivity contribution in [3.05, 3.63) is 29.3 Å². The second kappa shape index (κ2) is 5.80. The van der Waals surface area contributed by atoms with Gasteiger partial charge in [-0.3, -0.25) is 9.69 Å². The van der Waals surface area contributed by atoms with Crippen LogP contribution in [-0.2, 0) is 14.9 Å². The molecule has 2 unspecified atom stereocenters. The van der Waals surface area contributed by atoms with Gasteiger partial charge < -0.3 is 19.1 Å². The van der Waals surface area contributed by atoms with Crippen LogP contribution in [0.2, 0.25) is 0 Å². The van der Waals surface area contributed by atoms with E-state index in [1.807, 2.05) is 6.07 Å². The third-order valence-corrected chi connectivity index (χ3v) is 9.02. The first-order valence-electron chi connectivity index (χ1n) is 11.3. The monoisotopic (exact) mass is 408 g/mol. The number of benzene rings is 1. The predicted octanol–water partition coefficient (Wildman–Crippen LogP) is 2.50. The van der Waals surface area contributed by atoms with Crippen LogP contribution in [0.4, 0.5) is 5.69 Å². The minimum absolute atomic E-state index is 0.0293. The maximum Gasteiger partial charge on any atom is 0.229 e. The molecule has 30 heavy (non-hydrogen) atoms. The first kappa shape index (κ1) is 17.6. The predicted molar refractivity (Wildman–Crippen MR) is 111 cm³/mol. The smallest absolute Gasteiger partial charge is 0.229 e. The van der Waals surface area contributed by atoms with Crippen molar-refractivity contribution in [3.63, 3.8) is 0 Å². The Balaban J connectivity index is 1.51. The summed E-state index contributed by atoms with van der Waals surface area (Å²) in [5, 5.41) is 0. The molecule has 2 bridgehead atoms. The van der Waals surface area contributed by atoms with Gasteiger partial charge in [-0.25, -0.2) is 0 Å². The first-order chi connectivity index (χ1) is 14.7. The summed E-state index contributed by atoms with van der Waals surface area (Å²) in [5.41, 5.74) is 3.90. The fraction of sp³-hybridized carbons (Fsp3) is 0.625. The second-order valence-electron chi connectivity index (χ2n) is 9.81. The zero-order valence-electron chi connectivity index (χ0n) is 17.6. The van der Waals surface area contributed by atoms with Crippen molar-refractivity contribution in [1.82, 2.24) is 4.90 Å². The number of hydrogen-bond acceptors (Lipinski definition) is 5. The van der Waals surface area contributed by atoms with Crippen LogP contribution in [0.15, 0.2) is 23.8 Å². The third kappa shape index (κ3) is 1.87. The number of rotatable bonds is 2. The summed E-state index contributed by atoms with van der Waals surface area (Å²) in [6, 6.07) is 4.88. The van der Waals surface area contributed by atoms with Crippen molar-refractivity contribution in [3.8, 4) is 11.5 Å². The number of carbonyl (C=O) groups excluding carboxylic acids is 1. The molecule has 1 aromatic carbocycles. The minimum Gasteiger partial charge on any atom is -0.493 e. The zero-order chi connectivity index (χ0) is 20.2. The molecule has 6 atom stereocenters. The van der Waals surface area contributed by atoms with Crippen molar-refractivity contribution in [1.29, 1.82) is 0 Å². The Hall–Kier alpha value is -2.05. The van der Waals surface area contributed by atoms with Crippen molar-refractivity contribution in [2.75, 3.05) is 38.8 Å². The summed E-state index contributed by atoms with van der Waals surface area (Å²) in [6.07, 6.45) is 6.22. The van der Waals surface area contributed by atoms with E-state index in [9.17, 15) is 4.79 Å². The zero-order valence-corrected chi connectivity index (χ0v) is 17.6. The Bertz CT molecular complexity index is 990. The van der Waals surface area contributed by atoms with Gasteiger partial charge in [-0.1, -0.05) is 11.6 Å². The molecule has 1 aliphatic carbocycles. The van der Waals surface area contributed by atoms with Crippen LogP contribution in [0.1, 0.15) is 31.2 Å². The van der Waals surface area contributed by atoms with Crippen LogP contribution >= 0.6 is 0 Å². The maximum absolute atomic E-state index is 13.5. The highest BCUT2D eigenvalue weighted by Crippen LogP contribution is 2.66. The second-order valence-corrected chi connectivity index (χ2v) is 9.81. The molecule has 6 heteroatoms. The quantitative estimate of drug-likeness (QED) is 0.704. The van der Waals surface area contributed by atoms with Gasteiger partial charge in [-0.15, -0.1) is 0 Å². The van der Waals surface area contributed by atoms with Gasteiger partial charge in [0.1, 0.15) is 0 Å². The fourth-order valence-electron chi connectivity index (χ4n) is 8.06. The summed E-state index contributed by atoms with van der Waals surface area (Å²) in [6.45, 7) is 2.91. The lowest BCUT2D eigenvalue weighted by Crippen LogP contribution is -2.69. The van der Waals surface area contributed by atoms with Crippen LogP contribution in [-0.4, -0.2) is 62.9 Å². The summed E-state index contributed by atoms with van der Waals surface area (Å²) >= 11 is 0. The van der Waals surface area contributed by atoms with E-state index in [0.717, 1.165) is 44.0 Å². The van der Waals surface area contributed by atoms with E-state index in [-0.39, 0.29) is 23.5 Å². The van der Waals surface area contributed by atoms with Gasteiger partial charge in [0.05, 0.1) is 45.1 Å². The Kier molecular flexibility index (Phi) is 3.40. The number of anilines is 1. The van der Waals surface area contributed by atoms with Gasteiger partial charge in [0.15, 0.2) is 11.5 Å². The van der Waals surface area contributed by atoms with E-state index < -0.39 is 0 Å². The van der Waals surface area contributed by atoms with Crippen LogP contribution in [0.5, 0.6) is 11.5 Å². The summed E-state index contributed by atoms with van der Waals surface area (Å²) in [4.78, 5) is 18.4. The Morgan fingerprint density at radius 3 is 2.87 bits per heavy atom. The Morgan fingerprint density at radius 2 is 2.03 bits per heavy atom. The van der Waals surface area contributed by atoms with Gasteiger partial charge in [0, 0.05) is 30.0 Å². The highest BCUT2D eigenvalue weighted by molar-refractivity contribution is 5.99. The van der Waals surface area contributed by atoms with Gasteiger partial charge in [0.2, 0.25) is 5.91 Å². The molecule has 0 radical (unpaired) electrons. The van der Waals surface area contributed by atoms with Gasteiger partial charge in [-0.2, -0.15) is 0 Å². The van der Waals surface area contributed by atoms with E-state index in [1.54, 1.807) is 19.8 Å². The van der Waals surface area contributed by atoms with Crippen molar-refractivity contribution >= 4 is 11.6 Å². The number of ether oxygens (including phenoxy) is 3. The molecule has 5 aliphatic heterocycles. The van der Waals surface area contributed by atoms with Crippen molar-refractivity contribution in [2.45, 2.75) is 49.3 Å². The number of fused-ring (bicyclic) bond motifs is 2. The molecule has 1 amide bonds. The molecule has 7 rings (SSSR count). The van der Waals surface area contributed by atoms with E-state index in [4.69, 9.17) is 14.2 Å². The lowest BCUT2D eigenvalue weighted by molar-refractivity contribution is -0.135. The van der Waals surface area contributed by atoms with Gasteiger partial charge in [0.25, 0.3) is 0 Å². The summed E-state index contributed by atoms with van der Waals surface area (Å²) < 4.78 is 17.7. The average Bonchev–Trinajstić information content (AvgIpc) is 3.28. The SMILES string of the molecule is COc1cc2c(cc1OC)[C@@]13CCN4C/C5=C/CCO[C@H]6CC(=O)N2[C@H]1C6C5C[C@H]43. The van der Waals surface area contributed by atoms with Gasteiger partial charge in [-0.05, 0) is 43.4 Å². The topological polar surface area (TPSA) is 51.2 Å². The molecule has 0 aromatic heterocycles. The molecule has 5 heterocycles. The molecule has 1 saturated carbocycles. The molecule has 3 saturated heterocycles. The van der Waals surface area contributed by atoms with E-state index in [2.05, 4.69) is 21.9 Å². The molecule has 0 N–H and O–H groups in total. The maximum atomic E-state index is 13.5. The number of carbonyl (C=O) groups is 1. The van der Waals surface area contributed by atoms with Crippen LogP contribution in [0.25, 0.3) is 0 Å². The fourth-order valence-corrected chi connectivity index (χ4v) is 8.06. The normalized spacial score (nSPS) is 42.2. The van der Waals surface area contributed by atoms with Crippen LogP contribution in [0.3, 0.4) is 0 Å². The molecule has 1 aromatic rings. The molecule has 1 spiro atoms. The van der Waals surface area contributed by atoms with E-state index in [1.165, 1.54) is 12.0 Å². The minimum atomic E-state index is -0.0293. The molecule has 6 aliphatic rings. The molecular formula is C24H28N2O4. The molecule has 6 nitrogen and oxygen atoms in total. The van der Waals surface area contributed by atoms with Crippen LogP contribution < -0.4 is 14.4 Å². The number of methoxy groups -OCH3 is 2. The Labute approximate surface area is 176 Å². The lowest BCUT2D eigenvalue weighted by Gasteiger charge is -2.59. The average molecular weight is 408 g/mol. The summed E-state index contributed by atoms with van der Waals surface area (Å²) in [5.74, 6) is 2.57. The molecular weight excluding hydrogens is 380 g/mol. The van der Waals surface area contributed by atoms with Crippen molar-refractivity contribution < 1.29 is 19.0 Å². The highest BCUT2D eigenvalue weighted by atomic mass is 16.5. The number of amides is 1. The largest absolute Gasteiger partial charge is 0.493 e. The molecule has 4 fully saturated rings. The standard InChI is InChI=1S/C24H28N2O4/c1-28-17-9-15-16(10-18(17)29-2)26-21(27)11-19-22-14-8-20-24(15,23(22)26)5-6-25(20)12-13(14)4-3-7-30-19/h4,9-10,14,19-20,22-23H,3,5-8,11-12H2,1-2H3/b13-4-/t14?,19-,20-,22?,23-,24+/m0/s1. The third-order valence-electron chi connectivity index (χ3n) is 9.02. The van der Waals surface area contributed by atoms with Crippen molar-refractivity contribution in [2.24, 2.45) is 11.8 Å². The Morgan fingerprint density at radius 1 is 1.20 bits per heavy atom. The summed E-state index contributed by atoms with van der Waals surface area (Å²) in [7, 11) is 3.37. The number of piperidine rings is 2. The number of hydrogen-bond donors (Lipinski definition) is 0.